The number of rotatable bonds is 1. The van der Waals surface area contributed by atoms with Crippen LogP contribution in [0, 0.1) is 0 Å². The van der Waals surface area contributed by atoms with Crippen molar-refractivity contribution in [3.8, 4) is 0 Å². The second-order valence-electron chi connectivity index (χ2n) is 4.21. The molecule has 1 N–H and O–H groups in total. The van der Waals surface area contributed by atoms with Gasteiger partial charge in [-0.2, -0.15) is 0 Å². The lowest BCUT2D eigenvalue weighted by Crippen LogP contribution is -2.45. The van der Waals surface area contributed by atoms with Crippen LogP contribution in [0.4, 0.5) is 0 Å². The number of aliphatic imine (C=N–C) groups is 1. The van der Waals surface area contributed by atoms with Gasteiger partial charge in [-0.3, -0.25) is 9.47 Å². The van der Waals surface area contributed by atoms with E-state index >= 15 is 0 Å². The summed E-state index contributed by atoms with van der Waals surface area (Å²) < 4.78 is 8.83. The van der Waals surface area contributed by atoms with Gasteiger partial charge in [0.15, 0.2) is 0 Å². The molecule has 1 atom stereocenters. The molecule has 2 aliphatic rings. The highest BCUT2D eigenvalue weighted by Gasteiger charge is 2.22. The fraction of sp³-hybridized carbons (Fsp3) is 0.455. The molecular formula is C11H13Br2N5O. The minimum atomic E-state index is 0.0493. The Kier molecular flexibility index (Phi) is 4.01. The number of hydrogen-bond donors (Lipinski definition) is 1. The molecule has 8 heteroatoms. The quantitative estimate of drug-likeness (QED) is 0.787. The molecule has 6 nitrogen and oxygen atoms in total. The fourth-order valence-corrected chi connectivity index (χ4v) is 2.70. The van der Waals surface area contributed by atoms with E-state index in [2.05, 4.69) is 53.1 Å². The molecule has 0 aromatic carbocycles. The van der Waals surface area contributed by atoms with Crippen LogP contribution in [0.25, 0.3) is 0 Å². The van der Waals surface area contributed by atoms with Crippen LogP contribution in [-0.2, 0) is 4.74 Å². The lowest BCUT2D eigenvalue weighted by Gasteiger charge is -2.32. The van der Waals surface area contributed by atoms with Crippen molar-refractivity contribution < 1.29 is 4.74 Å². The van der Waals surface area contributed by atoms with E-state index in [-0.39, 0.29) is 6.17 Å². The molecule has 19 heavy (non-hydrogen) atoms. The van der Waals surface area contributed by atoms with Gasteiger partial charge in [0.05, 0.1) is 13.2 Å². The van der Waals surface area contributed by atoms with Gasteiger partial charge in [0, 0.05) is 19.3 Å². The van der Waals surface area contributed by atoms with Crippen molar-refractivity contribution in [3.05, 3.63) is 27.8 Å². The maximum Gasteiger partial charge on any atom is 0.210 e. The Bertz CT molecular complexity index is 521. The maximum atomic E-state index is 5.37. The second-order valence-corrected chi connectivity index (χ2v) is 5.72. The Labute approximate surface area is 127 Å². The Morgan fingerprint density at radius 2 is 2.11 bits per heavy atom. The lowest BCUT2D eigenvalue weighted by atomic mass is 10.3. The third-order valence-electron chi connectivity index (χ3n) is 3.05. The zero-order chi connectivity index (χ0) is 13.2. The molecular weight excluding hydrogens is 378 g/mol. The van der Waals surface area contributed by atoms with Crippen molar-refractivity contribution >= 4 is 37.8 Å². The summed E-state index contributed by atoms with van der Waals surface area (Å²) in [6.45, 7) is 3.34. The number of imidazole rings is 1. The van der Waals surface area contributed by atoms with Gasteiger partial charge in [-0.15, -0.1) is 0 Å². The number of hydrogen-bond acceptors (Lipinski definition) is 5. The molecule has 0 radical (unpaired) electrons. The van der Waals surface area contributed by atoms with Gasteiger partial charge in [0.1, 0.15) is 21.7 Å². The van der Waals surface area contributed by atoms with Crippen LogP contribution in [0.5, 0.6) is 0 Å². The van der Waals surface area contributed by atoms with Crippen LogP contribution in [0.3, 0.4) is 0 Å². The predicted octanol–water partition coefficient (Wildman–Crippen LogP) is 1.39. The first kappa shape index (κ1) is 13.3. The van der Waals surface area contributed by atoms with Crippen LogP contribution in [0.1, 0.15) is 0 Å². The highest BCUT2D eigenvalue weighted by molar-refractivity contribution is 9.13. The van der Waals surface area contributed by atoms with Crippen molar-refractivity contribution in [2.75, 3.05) is 26.3 Å². The second kappa shape index (κ2) is 5.74. The smallest absolute Gasteiger partial charge is 0.210 e. The van der Waals surface area contributed by atoms with E-state index < -0.39 is 0 Å². The van der Waals surface area contributed by atoms with Gasteiger partial charge in [-0.25, -0.2) is 9.98 Å². The molecule has 0 spiro atoms. The van der Waals surface area contributed by atoms with E-state index in [0.29, 0.717) is 0 Å². The third kappa shape index (κ3) is 2.76. The van der Waals surface area contributed by atoms with Crippen molar-refractivity contribution in [2.24, 2.45) is 4.99 Å². The molecule has 0 saturated carbocycles. The topological polar surface area (TPSA) is 54.7 Å². The number of ether oxygens (including phenoxy) is 1. The van der Waals surface area contributed by atoms with Crippen LogP contribution < -0.4 is 5.32 Å². The van der Waals surface area contributed by atoms with Crippen LogP contribution in [0.15, 0.2) is 32.8 Å². The van der Waals surface area contributed by atoms with E-state index in [9.17, 15) is 0 Å². The number of aromatic nitrogens is 2. The van der Waals surface area contributed by atoms with Crippen LogP contribution in [-0.4, -0.2) is 52.9 Å². The largest absolute Gasteiger partial charge is 0.379 e. The molecule has 0 aliphatic carbocycles. The van der Waals surface area contributed by atoms with Gasteiger partial charge < -0.3 is 10.1 Å². The molecule has 0 amide bonds. The van der Waals surface area contributed by atoms with Gasteiger partial charge >= 0.3 is 0 Å². The molecule has 0 bridgehead atoms. The van der Waals surface area contributed by atoms with Crippen molar-refractivity contribution in [1.82, 2.24) is 19.8 Å². The van der Waals surface area contributed by atoms with E-state index in [1.54, 1.807) is 6.33 Å². The zero-order valence-corrected chi connectivity index (χ0v) is 13.3. The first-order chi connectivity index (χ1) is 9.25. The minimum absolute atomic E-state index is 0.0493. The van der Waals surface area contributed by atoms with Crippen molar-refractivity contribution in [1.29, 1.82) is 0 Å². The van der Waals surface area contributed by atoms with E-state index in [4.69, 9.17) is 9.73 Å². The van der Waals surface area contributed by atoms with Gasteiger partial charge in [-0.05, 0) is 37.9 Å². The molecule has 102 valence electrons. The average molecular weight is 391 g/mol. The Balaban J connectivity index is 1.82. The lowest BCUT2D eigenvalue weighted by molar-refractivity contribution is 0.0267. The standard InChI is InChI=1S/C11H13Br2N5O/c12-9-10(13)18(7-15-9)11-14-2-1-8(16-11)17-3-5-19-6-4-17/h1-2,7-8H,3-6H2,(H,14,16). The van der Waals surface area contributed by atoms with Crippen LogP contribution in [0.2, 0.25) is 0 Å². The summed E-state index contributed by atoms with van der Waals surface area (Å²) in [5, 5.41) is 3.14. The minimum Gasteiger partial charge on any atom is -0.379 e. The van der Waals surface area contributed by atoms with E-state index in [1.807, 2.05) is 10.8 Å². The summed E-state index contributed by atoms with van der Waals surface area (Å²) >= 11 is 6.84. The monoisotopic (exact) mass is 389 g/mol. The maximum absolute atomic E-state index is 5.37. The number of nitrogens with zero attached hydrogens (tertiary/aromatic N) is 4. The van der Waals surface area contributed by atoms with Gasteiger partial charge in [0.2, 0.25) is 5.96 Å². The predicted molar refractivity (Wildman–Crippen MR) is 78.9 cm³/mol. The fourth-order valence-electron chi connectivity index (χ4n) is 2.05. The average Bonchev–Trinajstić information content (AvgIpc) is 2.80. The summed E-state index contributed by atoms with van der Waals surface area (Å²) in [5.74, 6) is 0.754. The normalized spacial score (nSPS) is 24.1. The van der Waals surface area contributed by atoms with Gasteiger partial charge in [-0.1, -0.05) is 0 Å². The Hall–Kier alpha value is -0.700. The number of halogens is 2. The van der Waals surface area contributed by atoms with Crippen molar-refractivity contribution in [2.45, 2.75) is 6.17 Å². The molecule has 1 aromatic heterocycles. The first-order valence-electron chi connectivity index (χ1n) is 5.97. The third-order valence-corrected chi connectivity index (χ3v) is 4.92. The molecule has 2 aliphatic heterocycles. The Morgan fingerprint density at radius 1 is 1.32 bits per heavy atom. The summed E-state index contributed by atoms with van der Waals surface area (Å²) in [4.78, 5) is 11.2. The van der Waals surface area contributed by atoms with Crippen molar-refractivity contribution in [3.63, 3.8) is 0 Å². The number of morpholine rings is 1. The Morgan fingerprint density at radius 3 is 2.79 bits per heavy atom. The highest BCUT2D eigenvalue weighted by Crippen LogP contribution is 2.21. The molecule has 1 aromatic rings. The first-order valence-corrected chi connectivity index (χ1v) is 7.56. The van der Waals surface area contributed by atoms with E-state index in [0.717, 1.165) is 41.5 Å². The molecule has 1 fully saturated rings. The number of nitrogens with one attached hydrogen (secondary N) is 1. The molecule has 3 heterocycles. The molecule has 1 unspecified atom stereocenters. The zero-order valence-electron chi connectivity index (χ0n) is 10.1. The van der Waals surface area contributed by atoms with E-state index in [1.165, 1.54) is 0 Å². The van der Waals surface area contributed by atoms with Gasteiger partial charge in [0.25, 0.3) is 0 Å². The summed E-state index contributed by atoms with van der Waals surface area (Å²) in [7, 11) is 0. The summed E-state index contributed by atoms with van der Waals surface area (Å²) in [6, 6.07) is 0. The summed E-state index contributed by atoms with van der Waals surface area (Å²) in [5.41, 5.74) is 0. The molecule has 1 saturated heterocycles. The highest BCUT2D eigenvalue weighted by atomic mass is 79.9. The summed E-state index contributed by atoms with van der Waals surface area (Å²) in [6.07, 6.45) is 5.74. The SMILES string of the molecule is Brc1ncn(C2=NC(N3CCOCC3)C=CN2)c1Br. The van der Waals surface area contributed by atoms with Crippen LogP contribution >= 0.6 is 31.9 Å². The molecule has 3 rings (SSSR count).